The minimum absolute atomic E-state index is 0. The fourth-order valence-corrected chi connectivity index (χ4v) is 3.13. The maximum atomic E-state index is 4.63. The Balaban J connectivity index is 0.00000312. The number of halogens is 1. The quantitative estimate of drug-likeness (QED) is 0.251. The van der Waals surface area contributed by atoms with Crippen LogP contribution in [0.2, 0.25) is 0 Å². The van der Waals surface area contributed by atoms with Gasteiger partial charge < -0.3 is 15.2 Å². The van der Waals surface area contributed by atoms with Crippen molar-refractivity contribution in [1.82, 2.24) is 30.4 Å². The van der Waals surface area contributed by atoms with Crippen LogP contribution in [0.3, 0.4) is 0 Å². The molecule has 25 heavy (non-hydrogen) atoms. The Bertz CT molecular complexity index is 638. The first kappa shape index (κ1) is 21.8. The predicted molar refractivity (Wildman–Crippen MR) is 114 cm³/mol. The molecule has 2 N–H and O–H groups in total. The summed E-state index contributed by atoms with van der Waals surface area (Å²) >= 11 is 1.73. The summed E-state index contributed by atoms with van der Waals surface area (Å²) in [6.07, 6.45) is 4.67. The van der Waals surface area contributed by atoms with E-state index in [0.717, 1.165) is 62.9 Å². The van der Waals surface area contributed by atoms with Crippen molar-refractivity contribution in [2.45, 2.75) is 46.6 Å². The molecule has 0 aliphatic heterocycles. The van der Waals surface area contributed by atoms with E-state index in [-0.39, 0.29) is 24.0 Å². The monoisotopic (exact) mass is 477 g/mol. The Morgan fingerprint density at radius 1 is 1.32 bits per heavy atom. The number of aryl methyl sites for hydroxylation is 3. The molecule has 0 saturated heterocycles. The number of hydrogen-bond acceptors (Lipinski definition) is 5. The fourth-order valence-electron chi connectivity index (χ4n) is 2.31. The van der Waals surface area contributed by atoms with Crippen LogP contribution in [-0.2, 0) is 19.4 Å². The lowest BCUT2D eigenvalue weighted by Crippen LogP contribution is -2.39. The summed E-state index contributed by atoms with van der Waals surface area (Å²) in [7, 11) is 0. The van der Waals surface area contributed by atoms with Crippen LogP contribution in [0.1, 0.15) is 36.8 Å². The van der Waals surface area contributed by atoms with Gasteiger partial charge in [0.1, 0.15) is 12.2 Å². The molecule has 0 amide bonds. The minimum Gasteiger partial charge on any atom is -0.357 e. The number of thiazole rings is 1. The van der Waals surface area contributed by atoms with Crippen molar-refractivity contribution in [3.63, 3.8) is 0 Å². The van der Waals surface area contributed by atoms with Crippen LogP contribution in [0.15, 0.2) is 16.7 Å². The number of nitrogens with one attached hydrogen (secondary N) is 2. The molecule has 7 nitrogen and oxygen atoms in total. The molecule has 0 bridgehead atoms. The summed E-state index contributed by atoms with van der Waals surface area (Å²) in [6.45, 7) is 9.46. The zero-order chi connectivity index (χ0) is 17.2. The second-order valence-corrected chi connectivity index (χ2v) is 6.41. The lowest BCUT2D eigenvalue weighted by atomic mass is 10.3. The maximum absolute atomic E-state index is 4.63. The van der Waals surface area contributed by atoms with Crippen molar-refractivity contribution >= 4 is 41.3 Å². The molecule has 2 aromatic rings. The third-order valence-electron chi connectivity index (χ3n) is 3.49. The first-order valence-electron chi connectivity index (χ1n) is 8.52. The Hall–Kier alpha value is -1.23. The second kappa shape index (κ2) is 12.2. The normalized spacial score (nSPS) is 11.2. The third kappa shape index (κ3) is 7.68. The molecule has 0 fully saturated rings. The average Bonchev–Trinajstić information content (AvgIpc) is 3.20. The molecule has 2 aromatic heterocycles. The highest BCUT2D eigenvalue weighted by atomic mass is 127. The van der Waals surface area contributed by atoms with Crippen molar-refractivity contribution in [2.24, 2.45) is 4.99 Å². The molecule has 0 aliphatic rings. The lowest BCUT2D eigenvalue weighted by Gasteiger charge is -2.12. The zero-order valence-corrected chi connectivity index (χ0v) is 18.3. The van der Waals surface area contributed by atoms with Gasteiger partial charge in [-0.1, -0.05) is 6.92 Å². The van der Waals surface area contributed by atoms with E-state index in [1.807, 2.05) is 6.92 Å². The molecule has 9 heteroatoms. The molecule has 0 radical (unpaired) electrons. The van der Waals surface area contributed by atoms with Gasteiger partial charge in [0.2, 0.25) is 0 Å². The van der Waals surface area contributed by atoms with Crippen LogP contribution in [-0.4, -0.2) is 45.3 Å². The predicted octanol–water partition coefficient (Wildman–Crippen LogP) is 2.41. The zero-order valence-electron chi connectivity index (χ0n) is 15.2. The van der Waals surface area contributed by atoms with Crippen LogP contribution in [0.5, 0.6) is 0 Å². The van der Waals surface area contributed by atoms with E-state index in [9.17, 15) is 0 Å². The number of rotatable bonds is 9. The van der Waals surface area contributed by atoms with Gasteiger partial charge in [0.15, 0.2) is 5.96 Å². The van der Waals surface area contributed by atoms with E-state index in [1.165, 1.54) is 5.01 Å². The number of guanidine groups is 1. The molecule has 0 atom stereocenters. The van der Waals surface area contributed by atoms with Crippen molar-refractivity contribution < 1.29 is 0 Å². The maximum Gasteiger partial charge on any atom is 0.191 e. The second-order valence-electron chi connectivity index (χ2n) is 5.47. The SMILES string of the molecule is CCNC(=NCCCc1nc(C)cs1)NCCn1cnnc1CC.I. The van der Waals surface area contributed by atoms with Gasteiger partial charge in [-0.05, 0) is 20.3 Å². The van der Waals surface area contributed by atoms with Gasteiger partial charge in [0.25, 0.3) is 0 Å². The minimum atomic E-state index is 0. The topological polar surface area (TPSA) is 80.0 Å². The van der Waals surface area contributed by atoms with Gasteiger partial charge >= 0.3 is 0 Å². The van der Waals surface area contributed by atoms with Gasteiger partial charge in [-0.3, -0.25) is 4.99 Å². The van der Waals surface area contributed by atoms with E-state index >= 15 is 0 Å². The molecule has 140 valence electrons. The molecule has 2 heterocycles. The molecule has 2 rings (SSSR count). The van der Waals surface area contributed by atoms with Crippen LogP contribution in [0.25, 0.3) is 0 Å². The Morgan fingerprint density at radius 2 is 2.16 bits per heavy atom. The summed E-state index contributed by atoms with van der Waals surface area (Å²) in [5, 5.41) is 18.0. The van der Waals surface area contributed by atoms with Crippen LogP contribution in [0.4, 0.5) is 0 Å². The Kier molecular flexibility index (Phi) is 10.6. The van der Waals surface area contributed by atoms with Gasteiger partial charge in [-0.25, -0.2) is 4.98 Å². The molecular weight excluding hydrogens is 449 g/mol. The van der Waals surface area contributed by atoms with E-state index in [2.05, 4.69) is 54.6 Å². The van der Waals surface area contributed by atoms with E-state index < -0.39 is 0 Å². The lowest BCUT2D eigenvalue weighted by molar-refractivity contribution is 0.632. The van der Waals surface area contributed by atoms with Crippen molar-refractivity contribution in [3.05, 3.63) is 28.2 Å². The molecular formula is C16H28IN7S. The first-order chi connectivity index (χ1) is 11.7. The third-order valence-corrected chi connectivity index (χ3v) is 4.51. The van der Waals surface area contributed by atoms with Crippen molar-refractivity contribution in [1.29, 1.82) is 0 Å². The molecule has 0 aliphatic carbocycles. The van der Waals surface area contributed by atoms with Gasteiger partial charge in [0.05, 0.1) is 5.01 Å². The summed E-state index contributed by atoms with van der Waals surface area (Å²) < 4.78 is 2.07. The molecule has 0 unspecified atom stereocenters. The largest absolute Gasteiger partial charge is 0.357 e. The van der Waals surface area contributed by atoms with E-state index in [4.69, 9.17) is 0 Å². The number of hydrogen-bond donors (Lipinski definition) is 2. The molecule has 0 saturated carbocycles. The van der Waals surface area contributed by atoms with Gasteiger partial charge in [-0.15, -0.1) is 45.5 Å². The van der Waals surface area contributed by atoms with Crippen LogP contribution in [0, 0.1) is 6.92 Å². The van der Waals surface area contributed by atoms with Gasteiger partial charge in [-0.2, -0.15) is 0 Å². The Labute approximate surface area is 170 Å². The summed E-state index contributed by atoms with van der Waals surface area (Å²) in [6, 6.07) is 0. The number of aliphatic imine (C=N–C) groups is 1. The van der Waals surface area contributed by atoms with Crippen LogP contribution < -0.4 is 10.6 Å². The first-order valence-corrected chi connectivity index (χ1v) is 9.40. The van der Waals surface area contributed by atoms with Crippen molar-refractivity contribution in [2.75, 3.05) is 19.6 Å². The van der Waals surface area contributed by atoms with Gasteiger partial charge in [0, 0.05) is 50.1 Å². The molecule has 0 spiro atoms. The van der Waals surface area contributed by atoms with Crippen molar-refractivity contribution in [3.8, 4) is 0 Å². The fraction of sp³-hybridized carbons (Fsp3) is 0.625. The average molecular weight is 477 g/mol. The van der Waals surface area contributed by atoms with Crippen LogP contribution >= 0.6 is 35.3 Å². The van der Waals surface area contributed by atoms with E-state index in [0.29, 0.717) is 0 Å². The smallest absolute Gasteiger partial charge is 0.191 e. The summed E-state index contributed by atoms with van der Waals surface area (Å²) in [5.74, 6) is 1.87. The number of aromatic nitrogens is 4. The van der Waals surface area contributed by atoms with E-state index in [1.54, 1.807) is 17.7 Å². The highest BCUT2D eigenvalue weighted by Crippen LogP contribution is 2.10. The Morgan fingerprint density at radius 3 is 2.84 bits per heavy atom. The molecule has 0 aromatic carbocycles. The summed E-state index contributed by atoms with van der Waals surface area (Å²) in [5.41, 5.74) is 1.11. The number of nitrogens with zero attached hydrogens (tertiary/aromatic N) is 5. The summed E-state index contributed by atoms with van der Waals surface area (Å²) in [4.78, 5) is 9.11. The highest BCUT2D eigenvalue weighted by molar-refractivity contribution is 14.0. The highest BCUT2D eigenvalue weighted by Gasteiger charge is 2.02. The standard InChI is InChI=1S/C16H27N7S.HI/c1-4-14-22-20-12-23(14)10-9-19-16(17-5-2)18-8-6-7-15-21-13(3)11-24-15;/h11-12H,4-10H2,1-3H3,(H2,17,18,19);1H.